The van der Waals surface area contributed by atoms with Crippen LogP contribution in [0.15, 0.2) is 48.5 Å². The number of benzene rings is 2. The molecule has 1 saturated carbocycles. The zero-order chi connectivity index (χ0) is 20.7. The lowest BCUT2D eigenvalue weighted by Crippen LogP contribution is -2.33. The lowest BCUT2D eigenvalue weighted by Gasteiger charge is -2.31. The van der Waals surface area contributed by atoms with E-state index in [-0.39, 0.29) is 5.41 Å². The van der Waals surface area contributed by atoms with Gasteiger partial charge in [0.2, 0.25) is 0 Å². The molecular formula is C24H26Cl2N4. The van der Waals surface area contributed by atoms with Gasteiger partial charge in [0.05, 0.1) is 5.41 Å². The average molecular weight is 441 g/mol. The fourth-order valence-electron chi connectivity index (χ4n) is 4.88. The molecule has 0 atom stereocenters. The Morgan fingerprint density at radius 2 is 1.73 bits per heavy atom. The molecule has 4 nitrogen and oxygen atoms in total. The smallest absolute Gasteiger partial charge is 0.143 e. The fourth-order valence-corrected chi connectivity index (χ4v) is 5.35. The van der Waals surface area contributed by atoms with Crippen molar-refractivity contribution in [2.75, 3.05) is 13.1 Å². The van der Waals surface area contributed by atoms with Crippen LogP contribution in [0.3, 0.4) is 0 Å². The van der Waals surface area contributed by atoms with Gasteiger partial charge < -0.3 is 4.57 Å². The molecule has 0 unspecified atom stereocenters. The summed E-state index contributed by atoms with van der Waals surface area (Å²) in [6, 6.07) is 16.5. The third-order valence-corrected chi connectivity index (χ3v) is 7.36. The van der Waals surface area contributed by atoms with E-state index < -0.39 is 0 Å². The summed E-state index contributed by atoms with van der Waals surface area (Å²) in [6.45, 7) is 2.94. The molecule has 2 aromatic carbocycles. The van der Waals surface area contributed by atoms with Gasteiger partial charge in [-0.05, 0) is 62.0 Å². The van der Waals surface area contributed by atoms with E-state index in [2.05, 4.69) is 57.0 Å². The van der Waals surface area contributed by atoms with E-state index in [0.29, 0.717) is 10.9 Å². The third kappa shape index (κ3) is 3.66. The van der Waals surface area contributed by atoms with E-state index in [1.807, 2.05) is 18.2 Å². The molecule has 2 fully saturated rings. The largest absolute Gasteiger partial charge is 0.317 e. The minimum absolute atomic E-state index is 0.0628. The van der Waals surface area contributed by atoms with Crippen LogP contribution in [-0.4, -0.2) is 32.8 Å². The van der Waals surface area contributed by atoms with Crippen molar-refractivity contribution in [3.63, 3.8) is 0 Å². The van der Waals surface area contributed by atoms with Crippen LogP contribution in [-0.2, 0) is 19.0 Å². The monoisotopic (exact) mass is 440 g/mol. The molecule has 30 heavy (non-hydrogen) atoms. The van der Waals surface area contributed by atoms with Crippen LogP contribution < -0.4 is 0 Å². The summed E-state index contributed by atoms with van der Waals surface area (Å²) < 4.78 is 2.27. The highest BCUT2D eigenvalue weighted by atomic mass is 35.5. The van der Waals surface area contributed by atoms with Crippen LogP contribution in [0.1, 0.15) is 54.4 Å². The SMILES string of the molecule is Cn1c(C2CCN(Cc3ccc(Cl)cc3Cl)CC2)nnc1C1(c2ccccc2)CC1. The highest BCUT2D eigenvalue weighted by Crippen LogP contribution is 2.52. The van der Waals surface area contributed by atoms with Crippen LogP contribution in [0.5, 0.6) is 0 Å². The lowest BCUT2D eigenvalue weighted by molar-refractivity contribution is 0.200. The van der Waals surface area contributed by atoms with Crippen LogP contribution in [0, 0.1) is 0 Å². The molecule has 1 saturated heterocycles. The third-order valence-electron chi connectivity index (χ3n) is 6.77. The number of hydrogen-bond donors (Lipinski definition) is 0. The molecule has 0 N–H and O–H groups in total. The Kier molecular flexibility index (Phi) is 5.34. The number of aromatic nitrogens is 3. The first-order chi connectivity index (χ1) is 14.6. The molecule has 0 bridgehead atoms. The van der Waals surface area contributed by atoms with Crippen molar-refractivity contribution in [2.24, 2.45) is 7.05 Å². The zero-order valence-corrected chi connectivity index (χ0v) is 18.7. The molecule has 0 spiro atoms. The number of hydrogen-bond acceptors (Lipinski definition) is 3. The first-order valence-corrected chi connectivity index (χ1v) is 11.4. The summed E-state index contributed by atoms with van der Waals surface area (Å²) in [6.07, 6.45) is 4.50. The molecule has 2 heterocycles. The minimum Gasteiger partial charge on any atom is -0.317 e. The Morgan fingerprint density at radius 3 is 2.40 bits per heavy atom. The Hall–Kier alpha value is -1.88. The topological polar surface area (TPSA) is 34.0 Å². The molecule has 2 aliphatic rings. The van der Waals surface area contributed by atoms with Crippen molar-refractivity contribution in [2.45, 2.75) is 43.6 Å². The second kappa shape index (κ2) is 7.99. The van der Waals surface area contributed by atoms with Crippen LogP contribution in [0.2, 0.25) is 10.0 Å². The van der Waals surface area contributed by atoms with Crippen LogP contribution in [0.4, 0.5) is 0 Å². The molecule has 0 radical (unpaired) electrons. The number of halogens is 2. The highest BCUT2D eigenvalue weighted by Gasteiger charge is 2.50. The maximum absolute atomic E-state index is 6.36. The van der Waals surface area contributed by atoms with Crippen molar-refractivity contribution in [3.05, 3.63) is 81.4 Å². The van der Waals surface area contributed by atoms with Crippen molar-refractivity contribution in [3.8, 4) is 0 Å². The average Bonchev–Trinajstić information content (AvgIpc) is 3.48. The van der Waals surface area contributed by atoms with E-state index in [4.69, 9.17) is 23.2 Å². The van der Waals surface area contributed by atoms with Crippen molar-refractivity contribution >= 4 is 23.2 Å². The first kappa shape index (κ1) is 20.0. The van der Waals surface area contributed by atoms with Crippen molar-refractivity contribution in [1.82, 2.24) is 19.7 Å². The summed E-state index contributed by atoms with van der Waals surface area (Å²) in [7, 11) is 2.15. The Bertz CT molecular complexity index is 1030. The van der Waals surface area contributed by atoms with E-state index in [1.54, 1.807) is 0 Å². The number of likely N-dealkylation sites (tertiary alicyclic amines) is 1. The van der Waals surface area contributed by atoms with Crippen molar-refractivity contribution in [1.29, 1.82) is 0 Å². The molecule has 1 aromatic heterocycles. The van der Waals surface area contributed by atoms with Crippen LogP contribution >= 0.6 is 23.2 Å². The van der Waals surface area contributed by atoms with Gasteiger partial charge in [0.25, 0.3) is 0 Å². The molecular weight excluding hydrogens is 415 g/mol. The Morgan fingerprint density at radius 1 is 1.00 bits per heavy atom. The molecule has 6 heteroatoms. The van der Waals surface area contributed by atoms with Gasteiger partial charge in [0.1, 0.15) is 11.6 Å². The van der Waals surface area contributed by atoms with Gasteiger partial charge in [0, 0.05) is 29.6 Å². The molecule has 0 amide bonds. The van der Waals surface area contributed by atoms with Gasteiger partial charge >= 0.3 is 0 Å². The molecule has 5 rings (SSSR count). The van der Waals surface area contributed by atoms with Gasteiger partial charge in [-0.2, -0.15) is 0 Å². The maximum atomic E-state index is 6.36. The maximum Gasteiger partial charge on any atom is 0.143 e. The van der Waals surface area contributed by atoms with E-state index in [0.717, 1.165) is 67.6 Å². The minimum atomic E-state index is 0.0628. The fraction of sp³-hybridized carbons (Fsp3) is 0.417. The highest BCUT2D eigenvalue weighted by molar-refractivity contribution is 6.35. The van der Waals surface area contributed by atoms with Gasteiger partial charge in [-0.15, -0.1) is 10.2 Å². The summed E-state index contributed by atoms with van der Waals surface area (Å²) in [5.74, 6) is 2.72. The summed E-state index contributed by atoms with van der Waals surface area (Å²) in [5, 5.41) is 10.8. The van der Waals surface area contributed by atoms with Crippen molar-refractivity contribution < 1.29 is 0 Å². The molecule has 1 aliphatic heterocycles. The quantitative estimate of drug-likeness (QED) is 0.518. The number of nitrogens with zero attached hydrogens (tertiary/aromatic N) is 4. The molecule has 3 aromatic rings. The normalized spacial score (nSPS) is 19.2. The van der Waals surface area contributed by atoms with Gasteiger partial charge in [-0.3, -0.25) is 4.90 Å². The zero-order valence-electron chi connectivity index (χ0n) is 17.2. The first-order valence-electron chi connectivity index (χ1n) is 10.7. The second-order valence-electron chi connectivity index (χ2n) is 8.68. The summed E-state index contributed by atoms with van der Waals surface area (Å²) in [5.41, 5.74) is 2.56. The van der Waals surface area contributed by atoms with E-state index in [9.17, 15) is 0 Å². The second-order valence-corrected chi connectivity index (χ2v) is 9.52. The van der Waals surface area contributed by atoms with Crippen LogP contribution in [0.25, 0.3) is 0 Å². The number of rotatable bonds is 5. The predicted molar refractivity (Wildman–Crippen MR) is 121 cm³/mol. The lowest BCUT2D eigenvalue weighted by atomic mass is 9.93. The summed E-state index contributed by atoms with van der Waals surface area (Å²) in [4.78, 5) is 2.47. The molecule has 156 valence electrons. The van der Waals surface area contributed by atoms with Gasteiger partial charge in [0.15, 0.2) is 0 Å². The van der Waals surface area contributed by atoms with E-state index >= 15 is 0 Å². The van der Waals surface area contributed by atoms with Gasteiger partial charge in [-0.1, -0.05) is 59.6 Å². The number of piperidine rings is 1. The Labute approximate surface area is 187 Å². The van der Waals surface area contributed by atoms with Gasteiger partial charge in [-0.25, -0.2) is 0 Å². The van der Waals surface area contributed by atoms with E-state index in [1.165, 1.54) is 5.56 Å². The summed E-state index contributed by atoms with van der Waals surface area (Å²) >= 11 is 12.4. The molecule has 1 aliphatic carbocycles. The standard InChI is InChI=1S/C24H26Cl2N4/c1-29-22(27-28-23(29)24(11-12-24)19-5-3-2-4-6-19)17-9-13-30(14-10-17)16-18-7-8-20(25)15-21(18)26/h2-8,15,17H,9-14,16H2,1H3. The Balaban J connectivity index is 1.27. The predicted octanol–water partition coefficient (Wildman–Crippen LogP) is 5.58.